The molecule has 2 aromatic carbocycles. The van der Waals surface area contributed by atoms with Crippen molar-refractivity contribution in [1.29, 1.82) is 0 Å². The van der Waals surface area contributed by atoms with E-state index in [2.05, 4.69) is 10.0 Å². The van der Waals surface area contributed by atoms with Gasteiger partial charge in [0.15, 0.2) is 6.61 Å². The second-order valence-corrected chi connectivity index (χ2v) is 8.18. The highest BCUT2D eigenvalue weighted by Gasteiger charge is 2.20. The van der Waals surface area contributed by atoms with E-state index < -0.39 is 28.5 Å². The number of benzene rings is 2. The van der Waals surface area contributed by atoms with E-state index in [1.807, 2.05) is 13.8 Å². The minimum atomic E-state index is -3.93. The van der Waals surface area contributed by atoms with E-state index in [1.54, 1.807) is 12.1 Å². The molecule has 0 saturated carbocycles. The molecule has 0 spiro atoms. The molecule has 0 aliphatic rings. The first kappa shape index (κ1) is 21.7. The Morgan fingerprint density at radius 1 is 1.11 bits per heavy atom. The number of sulfonamides is 1. The lowest BCUT2D eigenvalue weighted by Crippen LogP contribution is -2.35. The van der Waals surface area contributed by atoms with Crippen molar-refractivity contribution in [2.45, 2.75) is 31.2 Å². The molecule has 150 valence electrons. The summed E-state index contributed by atoms with van der Waals surface area (Å²) in [4.78, 5) is 24.1. The Bertz CT molecular complexity index is 945. The molecule has 0 fully saturated rings. The second kappa shape index (κ2) is 9.57. The second-order valence-electron chi connectivity index (χ2n) is 6.06. The minimum absolute atomic E-state index is 0.00335. The molecule has 0 bridgehead atoms. The highest BCUT2D eigenvalue weighted by atomic mass is 35.5. The number of amides is 1. The van der Waals surface area contributed by atoms with Gasteiger partial charge in [-0.25, -0.2) is 13.2 Å². The summed E-state index contributed by atoms with van der Waals surface area (Å²) in [5.74, 6) is -1.24. The van der Waals surface area contributed by atoms with E-state index in [0.717, 1.165) is 6.42 Å². The molecule has 1 unspecified atom stereocenters. The summed E-state index contributed by atoms with van der Waals surface area (Å²) in [5, 5.41) is 3.08. The largest absolute Gasteiger partial charge is 0.452 e. The number of carbonyl (C=O) groups excluding carboxylic acids is 2. The molecule has 1 atom stereocenters. The average molecular weight is 425 g/mol. The molecular weight excluding hydrogens is 404 g/mol. The fourth-order valence-corrected chi connectivity index (χ4v) is 3.40. The van der Waals surface area contributed by atoms with Gasteiger partial charge in [0.05, 0.1) is 16.1 Å². The number of carbonyl (C=O) groups is 2. The number of hydrogen-bond acceptors (Lipinski definition) is 5. The molecule has 0 heterocycles. The van der Waals surface area contributed by atoms with Gasteiger partial charge in [0.1, 0.15) is 0 Å². The van der Waals surface area contributed by atoms with Crippen LogP contribution in [0.15, 0.2) is 53.4 Å². The lowest BCUT2D eigenvalue weighted by molar-refractivity contribution is -0.124. The third-order valence-corrected chi connectivity index (χ3v) is 5.50. The van der Waals surface area contributed by atoms with Crippen molar-refractivity contribution in [1.82, 2.24) is 5.32 Å². The molecule has 1 amide bonds. The summed E-state index contributed by atoms with van der Waals surface area (Å²) < 4.78 is 32.4. The Balaban J connectivity index is 2.13. The standard InChI is InChI=1S/C19H21ClN2O5S/c1-3-13(2)21-18(23)12-27-19(24)16-6-4-5-7-17(16)22-28(25,26)15-10-8-14(20)9-11-15/h4-11,13,22H,3,12H2,1-2H3,(H,21,23). The molecule has 0 aliphatic carbocycles. The summed E-state index contributed by atoms with van der Waals surface area (Å²) in [7, 11) is -3.93. The van der Waals surface area contributed by atoms with E-state index in [9.17, 15) is 18.0 Å². The van der Waals surface area contributed by atoms with Crippen LogP contribution in [0.3, 0.4) is 0 Å². The van der Waals surface area contributed by atoms with Gasteiger partial charge in [-0.15, -0.1) is 0 Å². The fraction of sp³-hybridized carbons (Fsp3) is 0.263. The highest BCUT2D eigenvalue weighted by molar-refractivity contribution is 7.92. The summed E-state index contributed by atoms with van der Waals surface area (Å²) in [6.07, 6.45) is 0.745. The van der Waals surface area contributed by atoms with Crippen LogP contribution in [0.2, 0.25) is 5.02 Å². The Morgan fingerprint density at radius 3 is 2.39 bits per heavy atom. The quantitative estimate of drug-likeness (QED) is 0.633. The zero-order valence-electron chi connectivity index (χ0n) is 15.4. The van der Waals surface area contributed by atoms with Crippen LogP contribution in [-0.2, 0) is 19.6 Å². The predicted molar refractivity (Wildman–Crippen MR) is 107 cm³/mol. The van der Waals surface area contributed by atoms with Gasteiger partial charge in [0.25, 0.3) is 15.9 Å². The van der Waals surface area contributed by atoms with Crippen molar-refractivity contribution in [3.8, 4) is 0 Å². The van der Waals surface area contributed by atoms with Gasteiger partial charge in [-0.05, 0) is 49.7 Å². The SMILES string of the molecule is CCC(C)NC(=O)COC(=O)c1ccccc1NS(=O)(=O)c1ccc(Cl)cc1. The first-order chi connectivity index (χ1) is 13.2. The van der Waals surface area contributed by atoms with Crippen LogP contribution < -0.4 is 10.0 Å². The van der Waals surface area contributed by atoms with Crippen molar-refractivity contribution in [2.75, 3.05) is 11.3 Å². The smallest absolute Gasteiger partial charge is 0.340 e. The molecule has 2 N–H and O–H groups in total. The lowest BCUT2D eigenvalue weighted by atomic mass is 10.2. The van der Waals surface area contributed by atoms with Crippen molar-refractivity contribution >= 4 is 39.2 Å². The van der Waals surface area contributed by atoms with Gasteiger partial charge in [-0.1, -0.05) is 30.7 Å². The molecule has 2 aromatic rings. The average Bonchev–Trinajstić information content (AvgIpc) is 2.66. The lowest BCUT2D eigenvalue weighted by Gasteiger charge is -2.13. The van der Waals surface area contributed by atoms with E-state index in [1.165, 1.54) is 36.4 Å². The van der Waals surface area contributed by atoms with Crippen LogP contribution >= 0.6 is 11.6 Å². The predicted octanol–water partition coefficient (Wildman–Crippen LogP) is 3.21. The summed E-state index contributed by atoms with van der Waals surface area (Å²) in [6.45, 7) is 3.29. The number of para-hydroxylation sites is 1. The van der Waals surface area contributed by atoms with Crippen LogP contribution in [0.1, 0.15) is 30.6 Å². The molecule has 0 aromatic heterocycles. The first-order valence-electron chi connectivity index (χ1n) is 8.57. The van der Waals surface area contributed by atoms with Crippen molar-refractivity contribution in [2.24, 2.45) is 0 Å². The molecule has 0 aliphatic heterocycles. The van der Waals surface area contributed by atoms with Crippen molar-refractivity contribution in [3.63, 3.8) is 0 Å². The maximum Gasteiger partial charge on any atom is 0.340 e. The molecule has 28 heavy (non-hydrogen) atoms. The first-order valence-corrected chi connectivity index (χ1v) is 10.4. The maximum atomic E-state index is 12.5. The van der Waals surface area contributed by atoms with Gasteiger partial charge in [0, 0.05) is 11.1 Å². The fourth-order valence-electron chi connectivity index (χ4n) is 2.19. The van der Waals surface area contributed by atoms with Crippen LogP contribution in [0.4, 0.5) is 5.69 Å². The number of halogens is 1. The number of nitrogens with one attached hydrogen (secondary N) is 2. The summed E-state index contributed by atoms with van der Waals surface area (Å²) in [5.41, 5.74) is 0.0427. The Morgan fingerprint density at radius 2 is 1.75 bits per heavy atom. The number of hydrogen-bond donors (Lipinski definition) is 2. The molecule has 7 nitrogen and oxygen atoms in total. The van der Waals surface area contributed by atoms with Crippen LogP contribution in [-0.4, -0.2) is 32.9 Å². The molecule has 0 radical (unpaired) electrons. The zero-order chi connectivity index (χ0) is 20.7. The van der Waals surface area contributed by atoms with E-state index >= 15 is 0 Å². The van der Waals surface area contributed by atoms with Crippen LogP contribution in [0.5, 0.6) is 0 Å². The number of anilines is 1. The monoisotopic (exact) mass is 424 g/mol. The number of esters is 1. The van der Waals surface area contributed by atoms with Crippen LogP contribution in [0.25, 0.3) is 0 Å². The van der Waals surface area contributed by atoms with Gasteiger partial charge >= 0.3 is 5.97 Å². The third kappa shape index (κ3) is 5.97. The summed E-state index contributed by atoms with van der Waals surface area (Å²) >= 11 is 5.78. The van der Waals surface area contributed by atoms with E-state index in [0.29, 0.717) is 5.02 Å². The molecule has 2 rings (SSSR count). The molecular formula is C19H21ClN2O5S. The van der Waals surface area contributed by atoms with Gasteiger partial charge in [-0.2, -0.15) is 0 Å². The number of ether oxygens (including phenoxy) is 1. The normalized spacial score (nSPS) is 12.1. The van der Waals surface area contributed by atoms with Gasteiger partial charge in [-0.3, -0.25) is 9.52 Å². The van der Waals surface area contributed by atoms with Gasteiger partial charge < -0.3 is 10.1 Å². The topological polar surface area (TPSA) is 102 Å². The summed E-state index contributed by atoms with van der Waals surface area (Å²) in [6, 6.07) is 11.6. The highest BCUT2D eigenvalue weighted by Crippen LogP contribution is 2.22. The van der Waals surface area contributed by atoms with E-state index in [4.69, 9.17) is 16.3 Å². The zero-order valence-corrected chi connectivity index (χ0v) is 17.0. The molecule has 0 saturated heterocycles. The van der Waals surface area contributed by atoms with E-state index in [-0.39, 0.29) is 22.2 Å². The van der Waals surface area contributed by atoms with Gasteiger partial charge in [0.2, 0.25) is 0 Å². The van der Waals surface area contributed by atoms with Crippen molar-refractivity contribution < 1.29 is 22.7 Å². The third-order valence-electron chi connectivity index (χ3n) is 3.87. The maximum absolute atomic E-state index is 12.5. The Kier molecular flexibility index (Phi) is 7.42. The Labute approximate surface area is 169 Å². The minimum Gasteiger partial charge on any atom is -0.452 e. The van der Waals surface area contributed by atoms with Crippen LogP contribution in [0, 0.1) is 0 Å². The number of rotatable bonds is 8. The Hall–Kier alpha value is -2.58. The molecule has 9 heteroatoms. The van der Waals surface area contributed by atoms with Crippen molar-refractivity contribution in [3.05, 3.63) is 59.1 Å².